The Hall–Kier alpha value is -3.02. The fourth-order valence-corrected chi connectivity index (χ4v) is 2.82. The number of carbonyl (C=O) groups is 2. The third kappa shape index (κ3) is 3.57. The molecule has 0 unspecified atom stereocenters. The lowest BCUT2D eigenvalue weighted by Gasteiger charge is -2.34. The van der Waals surface area contributed by atoms with Crippen molar-refractivity contribution in [2.75, 3.05) is 25.6 Å². The SMILES string of the molecule is CNC(=O)[C@@H]1CN(C(=O)Cc2cccc(OC)c2)c2ccccc2O1. The van der Waals surface area contributed by atoms with E-state index in [2.05, 4.69) is 5.32 Å². The van der Waals surface area contributed by atoms with Crippen LogP contribution in [0.3, 0.4) is 0 Å². The van der Waals surface area contributed by atoms with Gasteiger partial charge in [0.1, 0.15) is 11.5 Å². The molecule has 1 aliphatic rings. The molecular weight excluding hydrogens is 320 g/mol. The van der Waals surface area contributed by atoms with Gasteiger partial charge < -0.3 is 19.7 Å². The predicted molar refractivity (Wildman–Crippen MR) is 94.0 cm³/mol. The molecule has 2 aromatic carbocycles. The van der Waals surface area contributed by atoms with Crippen LogP contribution in [0.2, 0.25) is 0 Å². The number of hydrogen-bond donors (Lipinski definition) is 1. The quantitative estimate of drug-likeness (QED) is 0.921. The summed E-state index contributed by atoms with van der Waals surface area (Å²) in [4.78, 5) is 26.5. The van der Waals surface area contributed by atoms with Crippen LogP contribution in [-0.2, 0) is 16.0 Å². The van der Waals surface area contributed by atoms with Gasteiger partial charge in [0.15, 0.2) is 6.10 Å². The van der Waals surface area contributed by atoms with Crippen molar-refractivity contribution in [2.24, 2.45) is 0 Å². The lowest BCUT2D eigenvalue weighted by atomic mass is 10.1. The zero-order valence-electron chi connectivity index (χ0n) is 14.2. The second kappa shape index (κ2) is 7.25. The Kier molecular flexibility index (Phi) is 4.88. The zero-order chi connectivity index (χ0) is 17.8. The van der Waals surface area contributed by atoms with Gasteiger partial charge in [0, 0.05) is 7.05 Å². The van der Waals surface area contributed by atoms with Gasteiger partial charge in [0.25, 0.3) is 5.91 Å². The maximum atomic E-state index is 12.9. The number of para-hydroxylation sites is 2. The zero-order valence-corrected chi connectivity index (χ0v) is 14.2. The molecule has 6 nitrogen and oxygen atoms in total. The molecule has 1 heterocycles. The molecule has 3 rings (SSSR count). The van der Waals surface area contributed by atoms with Crippen LogP contribution < -0.4 is 19.7 Å². The first kappa shape index (κ1) is 16.8. The van der Waals surface area contributed by atoms with Crippen LogP contribution in [0.1, 0.15) is 5.56 Å². The number of ether oxygens (including phenoxy) is 2. The number of amides is 2. The Balaban J connectivity index is 1.86. The summed E-state index contributed by atoms with van der Waals surface area (Å²) in [7, 11) is 3.14. The maximum Gasteiger partial charge on any atom is 0.262 e. The molecule has 1 N–H and O–H groups in total. The van der Waals surface area contributed by atoms with Crippen LogP contribution in [0.15, 0.2) is 48.5 Å². The van der Waals surface area contributed by atoms with E-state index < -0.39 is 6.10 Å². The first-order chi connectivity index (χ1) is 12.1. The standard InChI is InChI=1S/C19H20N2O4/c1-20-19(23)17-12-21(15-8-3-4-9-16(15)25-17)18(22)11-13-6-5-7-14(10-13)24-2/h3-10,17H,11-12H2,1-2H3,(H,20,23)/t17-/m0/s1. The first-order valence-electron chi connectivity index (χ1n) is 8.03. The lowest BCUT2D eigenvalue weighted by Crippen LogP contribution is -2.50. The molecule has 6 heteroatoms. The summed E-state index contributed by atoms with van der Waals surface area (Å²) in [5.41, 5.74) is 1.53. The number of likely N-dealkylation sites (N-methyl/N-ethyl adjacent to an activating group) is 1. The highest BCUT2D eigenvalue weighted by Gasteiger charge is 2.33. The summed E-state index contributed by atoms with van der Waals surface area (Å²) in [5.74, 6) is 0.879. The van der Waals surface area contributed by atoms with Crippen molar-refractivity contribution >= 4 is 17.5 Å². The van der Waals surface area contributed by atoms with E-state index in [0.29, 0.717) is 17.2 Å². The summed E-state index contributed by atoms with van der Waals surface area (Å²) in [5, 5.41) is 2.57. The van der Waals surface area contributed by atoms with E-state index in [9.17, 15) is 9.59 Å². The van der Waals surface area contributed by atoms with Crippen molar-refractivity contribution in [3.63, 3.8) is 0 Å². The number of nitrogens with one attached hydrogen (secondary N) is 1. The van der Waals surface area contributed by atoms with Crippen LogP contribution in [0.4, 0.5) is 5.69 Å². The molecule has 130 valence electrons. The number of carbonyl (C=O) groups excluding carboxylic acids is 2. The van der Waals surface area contributed by atoms with E-state index in [-0.39, 0.29) is 24.8 Å². The largest absolute Gasteiger partial charge is 0.497 e. The second-order valence-corrected chi connectivity index (χ2v) is 5.72. The highest BCUT2D eigenvalue weighted by molar-refractivity contribution is 5.98. The van der Waals surface area contributed by atoms with Gasteiger partial charge >= 0.3 is 0 Å². The molecule has 0 radical (unpaired) electrons. The molecule has 2 amide bonds. The summed E-state index contributed by atoms with van der Waals surface area (Å²) >= 11 is 0. The lowest BCUT2D eigenvalue weighted by molar-refractivity contribution is -0.127. The van der Waals surface area contributed by atoms with Gasteiger partial charge in [-0.15, -0.1) is 0 Å². The molecule has 0 fully saturated rings. The third-order valence-corrected chi connectivity index (χ3v) is 4.10. The Morgan fingerprint density at radius 1 is 1.24 bits per heavy atom. The minimum atomic E-state index is -0.728. The summed E-state index contributed by atoms with van der Waals surface area (Å²) < 4.78 is 10.9. The maximum absolute atomic E-state index is 12.9. The molecule has 0 aromatic heterocycles. The highest BCUT2D eigenvalue weighted by Crippen LogP contribution is 2.33. The smallest absolute Gasteiger partial charge is 0.262 e. The topological polar surface area (TPSA) is 67.9 Å². The number of methoxy groups -OCH3 is 1. The molecular formula is C19H20N2O4. The van der Waals surface area contributed by atoms with Crippen LogP contribution in [-0.4, -0.2) is 38.6 Å². The van der Waals surface area contributed by atoms with Gasteiger partial charge in [-0.2, -0.15) is 0 Å². The van der Waals surface area contributed by atoms with Crippen molar-refractivity contribution in [1.82, 2.24) is 5.32 Å². The van der Waals surface area contributed by atoms with Crippen molar-refractivity contribution in [2.45, 2.75) is 12.5 Å². The van der Waals surface area contributed by atoms with Crippen molar-refractivity contribution in [1.29, 1.82) is 0 Å². The number of benzene rings is 2. The fourth-order valence-electron chi connectivity index (χ4n) is 2.82. The number of anilines is 1. The van der Waals surface area contributed by atoms with Crippen LogP contribution >= 0.6 is 0 Å². The van der Waals surface area contributed by atoms with Crippen LogP contribution in [0.25, 0.3) is 0 Å². The molecule has 0 spiro atoms. The molecule has 1 atom stereocenters. The van der Waals surface area contributed by atoms with Gasteiger partial charge in [-0.3, -0.25) is 9.59 Å². The van der Waals surface area contributed by atoms with Crippen molar-refractivity contribution in [3.8, 4) is 11.5 Å². The molecule has 0 saturated carbocycles. The van der Waals surface area contributed by atoms with E-state index in [1.54, 1.807) is 25.1 Å². The molecule has 25 heavy (non-hydrogen) atoms. The Morgan fingerprint density at radius 3 is 2.80 bits per heavy atom. The van der Waals surface area contributed by atoms with Gasteiger partial charge in [0.05, 0.1) is 25.8 Å². The molecule has 0 aliphatic carbocycles. The minimum Gasteiger partial charge on any atom is -0.497 e. The number of nitrogens with zero attached hydrogens (tertiary/aromatic N) is 1. The fraction of sp³-hybridized carbons (Fsp3) is 0.263. The first-order valence-corrected chi connectivity index (χ1v) is 8.03. The Bertz CT molecular complexity index is 790. The number of rotatable bonds is 4. The Labute approximate surface area is 146 Å². The monoisotopic (exact) mass is 340 g/mol. The average molecular weight is 340 g/mol. The summed E-state index contributed by atoms with van der Waals surface area (Å²) in [6, 6.07) is 14.6. The van der Waals surface area contributed by atoms with Crippen molar-refractivity contribution < 1.29 is 19.1 Å². The Morgan fingerprint density at radius 2 is 2.04 bits per heavy atom. The molecule has 0 saturated heterocycles. The normalized spacial score (nSPS) is 15.8. The van der Waals surface area contributed by atoms with E-state index >= 15 is 0 Å². The second-order valence-electron chi connectivity index (χ2n) is 5.72. The van der Waals surface area contributed by atoms with Crippen LogP contribution in [0, 0.1) is 0 Å². The van der Waals surface area contributed by atoms with Gasteiger partial charge in [-0.05, 0) is 29.8 Å². The molecule has 1 aliphatic heterocycles. The summed E-state index contributed by atoms with van der Waals surface area (Å²) in [6.07, 6.45) is -0.513. The molecule has 2 aromatic rings. The van der Waals surface area contributed by atoms with Crippen molar-refractivity contribution in [3.05, 3.63) is 54.1 Å². The number of hydrogen-bond acceptors (Lipinski definition) is 4. The molecule has 0 bridgehead atoms. The van der Waals surface area contributed by atoms with E-state index in [0.717, 1.165) is 5.56 Å². The predicted octanol–water partition coefficient (Wildman–Crippen LogP) is 1.78. The third-order valence-electron chi connectivity index (χ3n) is 4.10. The van der Waals surface area contributed by atoms with E-state index in [4.69, 9.17) is 9.47 Å². The van der Waals surface area contributed by atoms with Gasteiger partial charge in [0.2, 0.25) is 5.91 Å². The highest BCUT2D eigenvalue weighted by atomic mass is 16.5. The minimum absolute atomic E-state index is 0.0992. The average Bonchev–Trinajstić information content (AvgIpc) is 2.66. The summed E-state index contributed by atoms with van der Waals surface area (Å²) in [6.45, 7) is 0.180. The van der Waals surface area contributed by atoms with E-state index in [1.807, 2.05) is 42.5 Å². The van der Waals surface area contributed by atoms with Gasteiger partial charge in [-0.1, -0.05) is 24.3 Å². The number of fused-ring (bicyclic) bond motifs is 1. The van der Waals surface area contributed by atoms with Gasteiger partial charge in [-0.25, -0.2) is 0 Å². The van der Waals surface area contributed by atoms with E-state index in [1.165, 1.54) is 0 Å². The van der Waals surface area contributed by atoms with Crippen LogP contribution in [0.5, 0.6) is 11.5 Å².